The van der Waals surface area contributed by atoms with E-state index in [9.17, 15) is 24.6 Å². The fourth-order valence-corrected chi connectivity index (χ4v) is 3.73. The van der Waals surface area contributed by atoms with Crippen LogP contribution in [0.1, 0.15) is 24.7 Å². The van der Waals surface area contributed by atoms with Crippen LogP contribution in [-0.2, 0) is 20.9 Å². The van der Waals surface area contributed by atoms with E-state index in [-0.39, 0.29) is 24.3 Å². The van der Waals surface area contributed by atoms with Crippen LogP contribution in [-0.4, -0.2) is 80.6 Å². The van der Waals surface area contributed by atoms with Gasteiger partial charge in [0.25, 0.3) is 0 Å². The first-order valence-electron chi connectivity index (χ1n) is 9.00. The van der Waals surface area contributed by atoms with Gasteiger partial charge in [0.2, 0.25) is 5.91 Å². The number of nitrogens with zero attached hydrogens (tertiary/aromatic N) is 4. The van der Waals surface area contributed by atoms with Crippen LogP contribution in [0.5, 0.6) is 0 Å². The molecule has 1 fully saturated rings. The predicted molar refractivity (Wildman–Crippen MR) is 97.0 cm³/mol. The highest BCUT2D eigenvalue weighted by Crippen LogP contribution is 2.46. The Labute approximate surface area is 162 Å². The minimum absolute atomic E-state index is 0.0735. The highest BCUT2D eigenvalue weighted by atomic mass is 16.6. The van der Waals surface area contributed by atoms with Gasteiger partial charge in [-0.1, -0.05) is 0 Å². The number of aliphatic hydroxyl groups is 1. The molecule has 0 bridgehead atoms. The van der Waals surface area contributed by atoms with Gasteiger partial charge in [0.15, 0.2) is 0 Å². The zero-order chi connectivity index (χ0) is 20.7. The number of hydrogen-bond donors (Lipinski definition) is 2. The van der Waals surface area contributed by atoms with E-state index in [1.807, 2.05) is 6.92 Å². The van der Waals surface area contributed by atoms with Crippen molar-refractivity contribution >= 4 is 23.5 Å². The molecule has 0 spiro atoms. The Morgan fingerprint density at radius 1 is 1.43 bits per heavy atom. The summed E-state index contributed by atoms with van der Waals surface area (Å²) in [6, 6.07) is 1.39. The van der Waals surface area contributed by atoms with Gasteiger partial charge < -0.3 is 24.7 Å². The maximum atomic E-state index is 12.3. The second-order valence-electron chi connectivity index (χ2n) is 7.28. The zero-order valence-electron chi connectivity index (χ0n) is 16.2. The molecule has 0 unspecified atom stereocenters. The van der Waals surface area contributed by atoms with Crippen LogP contribution >= 0.6 is 0 Å². The molecule has 152 valence electrons. The lowest BCUT2D eigenvalue weighted by molar-refractivity contribution is -0.161. The molecule has 2 aliphatic heterocycles. The van der Waals surface area contributed by atoms with E-state index in [4.69, 9.17) is 4.74 Å². The Morgan fingerprint density at radius 3 is 2.68 bits per heavy atom. The van der Waals surface area contributed by atoms with Crippen LogP contribution in [0.3, 0.4) is 0 Å². The summed E-state index contributed by atoms with van der Waals surface area (Å²) in [4.78, 5) is 38.2. The summed E-state index contributed by atoms with van der Waals surface area (Å²) in [5, 5.41) is 23.9. The lowest BCUT2D eigenvalue weighted by Crippen LogP contribution is -2.61. The van der Waals surface area contributed by atoms with Crippen molar-refractivity contribution in [3.8, 4) is 0 Å². The Morgan fingerprint density at radius 2 is 2.11 bits per heavy atom. The number of hydrogen-bond acceptors (Lipinski definition) is 6. The monoisotopic (exact) mass is 392 g/mol. The molecule has 2 N–H and O–H groups in total. The van der Waals surface area contributed by atoms with Crippen LogP contribution < -0.4 is 0 Å². The zero-order valence-corrected chi connectivity index (χ0v) is 16.2. The van der Waals surface area contributed by atoms with Crippen molar-refractivity contribution in [3.63, 3.8) is 0 Å². The molecule has 1 aromatic heterocycles. The van der Waals surface area contributed by atoms with Gasteiger partial charge in [0.05, 0.1) is 30.3 Å². The third-order valence-electron chi connectivity index (χ3n) is 5.12. The molecular formula is C18H24N4O6. The molecule has 3 atom stereocenters. The maximum absolute atomic E-state index is 12.3. The van der Waals surface area contributed by atoms with Gasteiger partial charge in [0, 0.05) is 25.4 Å². The highest BCUT2D eigenvalue weighted by molar-refractivity contribution is 6.05. The molecule has 0 saturated carbocycles. The molecule has 2 aliphatic rings. The van der Waals surface area contributed by atoms with Crippen LogP contribution in [0.2, 0.25) is 0 Å². The van der Waals surface area contributed by atoms with Crippen molar-refractivity contribution < 1.29 is 29.3 Å². The minimum atomic E-state index is -1.19. The molecule has 2 amide bonds. The Hall–Kier alpha value is -2.88. The summed E-state index contributed by atoms with van der Waals surface area (Å²) in [7, 11) is 3.18. The van der Waals surface area contributed by atoms with E-state index in [0.29, 0.717) is 24.2 Å². The number of aliphatic carboxylic acids is 1. The standard InChI is InChI=1S/C18H24N4O6/c1-9-7-12(19-21(9)5-6-28-18(27)20(3)4)11-8-13-14(10(2)23)16(24)22(13)15(11)17(25)26/h7,10,13-14,23H,5-6,8H2,1-4H3,(H,25,26)/t10-,13-,14-/m1/s1. The van der Waals surface area contributed by atoms with Crippen molar-refractivity contribution in [1.82, 2.24) is 19.6 Å². The summed E-state index contributed by atoms with van der Waals surface area (Å²) in [6.45, 7) is 3.80. The maximum Gasteiger partial charge on any atom is 0.409 e. The lowest BCUT2D eigenvalue weighted by Gasteiger charge is -2.44. The molecule has 3 heterocycles. The number of amides is 2. The molecule has 3 rings (SSSR count). The second kappa shape index (κ2) is 7.27. The summed E-state index contributed by atoms with van der Waals surface area (Å²) in [6.07, 6.45) is -0.966. The van der Waals surface area contributed by atoms with Crippen LogP contribution in [0.15, 0.2) is 11.8 Å². The van der Waals surface area contributed by atoms with Crippen molar-refractivity contribution in [2.24, 2.45) is 5.92 Å². The topological polar surface area (TPSA) is 125 Å². The van der Waals surface area contributed by atoms with Crippen molar-refractivity contribution in [1.29, 1.82) is 0 Å². The number of fused-ring (bicyclic) bond motifs is 1. The average Bonchev–Trinajstić information content (AvgIpc) is 3.12. The van der Waals surface area contributed by atoms with E-state index in [0.717, 1.165) is 5.69 Å². The SMILES string of the molecule is Cc1cc(C2=C(C(=O)O)N3C(=O)[C@H]([C@@H](C)O)[C@H]3C2)nn1CCOC(=O)N(C)C. The fraction of sp³-hybridized carbons (Fsp3) is 0.556. The first kappa shape index (κ1) is 19.9. The van der Waals surface area contributed by atoms with Crippen LogP contribution in [0, 0.1) is 12.8 Å². The van der Waals surface area contributed by atoms with Gasteiger partial charge in [-0.2, -0.15) is 5.10 Å². The molecule has 1 saturated heterocycles. The number of rotatable bonds is 6. The third kappa shape index (κ3) is 3.24. The van der Waals surface area contributed by atoms with Crippen LogP contribution in [0.4, 0.5) is 4.79 Å². The van der Waals surface area contributed by atoms with Gasteiger partial charge in [-0.25, -0.2) is 9.59 Å². The normalized spacial score (nSPS) is 22.0. The van der Waals surface area contributed by atoms with Gasteiger partial charge in [-0.05, 0) is 26.3 Å². The van der Waals surface area contributed by atoms with E-state index >= 15 is 0 Å². The number of carboxylic acid groups (broad SMARTS) is 1. The summed E-state index contributed by atoms with van der Waals surface area (Å²) < 4.78 is 6.73. The molecule has 10 nitrogen and oxygen atoms in total. The van der Waals surface area contributed by atoms with Crippen LogP contribution in [0.25, 0.3) is 5.57 Å². The van der Waals surface area contributed by atoms with Gasteiger partial charge >= 0.3 is 12.1 Å². The molecular weight excluding hydrogens is 368 g/mol. The van der Waals surface area contributed by atoms with E-state index in [1.54, 1.807) is 24.8 Å². The Bertz CT molecular complexity index is 856. The largest absolute Gasteiger partial charge is 0.477 e. The number of aliphatic hydroxyl groups excluding tert-OH is 1. The highest BCUT2D eigenvalue weighted by Gasteiger charge is 2.57. The smallest absolute Gasteiger partial charge is 0.409 e. The molecule has 0 radical (unpaired) electrons. The number of aromatic nitrogens is 2. The van der Waals surface area contributed by atoms with Gasteiger partial charge in [0.1, 0.15) is 12.3 Å². The molecule has 0 aliphatic carbocycles. The van der Waals surface area contributed by atoms with E-state index in [1.165, 1.54) is 16.7 Å². The number of aryl methyl sites for hydroxylation is 1. The molecule has 10 heteroatoms. The molecule has 0 aromatic carbocycles. The Balaban J connectivity index is 1.81. The summed E-state index contributed by atoms with van der Waals surface area (Å²) in [5.41, 5.74) is 1.65. The summed E-state index contributed by atoms with van der Waals surface area (Å²) in [5.74, 6) is -2.17. The average molecular weight is 392 g/mol. The van der Waals surface area contributed by atoms with Crippen molar-refractivity contribution in [2.75, 3.05) is 20.7 Å². The number of β-lactam (4-membered cyclic amide) rings is 1. The van der Waals surface area contributed by atoms with Gasteiger partial charge in [-0.15, -0.1) is 0 Å². The third-order valence-corrected chi connectivity index (χ3v) is 5.12. The first-order chi connectivity index (χ1) is 13.1. The minimum Gasteiger partial charge on any atom is -0.477 e. The van der Waals surface area contributed by atoms with E-state index in [2.05, 4.69) is 5.10 Å². The number of carbonyl (C=O) groups is 3. The number of ether oxygens (including phenoxy) is 1. The molecule has 28 heavy (non-hydrogen) atoms. The second-order valence-corrected chi connectivity index (χ2v) is 7.28. The number of carbonyl (C=O) groups excluding carboxylic acids is 2. The number of carboxylic acids is 1. The van der Waals surface area contributed by atoms with Crippen molar-refractivity contribution in [3.05, 3.63) is 23.2 Å². The van der Waals surface area contributed by atoms with Gasteiger partial charge in [-0.3, -0.25) is 9.48 Å². The fourth-order valence-electron chi connectivity index (χ4n) is 3.73. The van der Waals surface area contributed by atoms with Crippen molar-refractivity contribution in [2.45, 2.75) is 39.0 Å². The first-order valence-corrected chi connectivity index (χ1v) is 9.00. The predicted octanol–water partition coefficient (Wildman–Crippen LogP) is 0.297. The van der Waals surface area contributed by atoms with E-state index < -0.39 is 24.1 Å². The lowest BCUT2D eigenvalue weighted by atomic mass is 9.83. The summed E-state index contributed by atoms with van der Waals surface area (Å²) >= 11 is 0. The Kier molecular flexibility index (Phi) is 5.16. The quantitative estimate of drug-likeness (QED) is 0.667. The molecule has 1 aromatic rings.